The molecule has 1 amide bonds. The number of benzene rings is 3. The number of amides is 1. The number of pyridine rings is 1. The molecule has 156 valence electrons. The van der Waals surface area contributed by atoms with Gasteiger partial charge in [-0.2, -0.15) is 0 Å². The summed E-state index contributed by atoms with van der Waals surface area (Å²) in [7, 11) is 1.26. The predicted octanol–water partition coefficient (Wildman–Crippen LogP) is 4.37. The van der Waals surface area contributed by atoms with E-state index in [1.54, 1.807) is 42.5 Å². The fourth-order valence-corrected chi connectivity index (χ4v) is 3.42. The molecule has 8 heteroatoms. The van der Waals surface area contributed by atoms with Gasteiger partial charge in [0.2, 0.25) is 0 Å². The lowest BCUT2D eigenvalue weighted by molar-refractivity contribution is 0.0698. The van der Waals surface area contributed by atoms with Gasteiger partial charge in [0, 0.05) is 22.0 Å². The Labute approximate surface area is 177 Å². The minimum absolute atomic E-state index is 0.0741. The Morgan fingerprint density at radius 3 is 2.52 bits per heavy atom. The maximum absolute atomic E-state index is 11.7. The highest BCUT2D eigenvalue weighted by Crippen LogP contribution is 2.34. The van der Waals surface area contributed by atoms with Crippen LogP contribution in [0.15, 0.2) is 66.7 Å². The van der Waals surface area contributed by atoms with E-state index in [1.807, 2.05) is 18.2 Å². The lowest BCUT2D eigenvalue weighted by atomic mass is 10.0. The number of fused-ring (bicyclic) bond motifs is 2. The van der Waals surface area contributed by atoms with Crippen LogP contribution in [0.3, 0.4) is 0 Å². The molecule has 1 atom stereocenters. The molecule has 0 aliphatic carbocycles. The smallest absolute Gasteiger partial charge is 0.411 e. The van der Waals surface area contributed by atoms with Gasteiger partial charge < -0.3 is 20.3 Å². The predicted molar refractivity (Wildman–Crippen MR) is 117 cm³/mol. The molecule has 0 saturated heterocycles. The number of hydrogen-bond acceptors (Lipinski definition) is 6. The van der Waals surface area contributed by atoms with Gasteiger partial charge >= 0.3 is 12.1 Å². The first-order valence-electron chi connectivity index (χ1n) is 9.42. The molecule has 1 aromatic heterocycles. The lowest BCUT2D eigenvalue weighted by Crippen LogP contribution is -2.13. The van der Waals surface area contributed by atoms with Crippen molar-refractivity contribution in [2.75, 3.05) is 17.7 Å². The number of aromatic nitrogens is 1. The standard InChI is InChI=1S/C23H19N3O5/c1-31-23(30)24-14-7-4-6-13(12-14)21(27)26-19-15-8-2-3-11-18(15)25-20-16(19)9-5-10-17(20)22(28)29/h2-12,21,27H,1H3,(H,24,30)(H,25,26)(H,28,29). The minimum atomic E-state index is -1.14. The molecular weight excluding hydrogens is 398 g/mol. The van der Waals surface area contributed by atoms with E-state index in [0.717, 1.165) is 5.39 Å². The number of rotatable bonds is 5. The van der Waals surface area contributed by atoms with E-state index in [1.165, 1.54) is 13.2 Å². The van der Waals surface area contributed by atoms with Gasteiger partial charge in [-0.15, -0.1) is 0 Å². The molecule has 4 N–H and O–H groups in total. The van der Waals surface area contributed by atoms with Crippen molar-refractivity contribution in [3.05, 3.63) is 77.9 Å². The molecule has 31 heavy (non-hydrogen) atoms. The summed E-state index contributed by atoms with van der Waals surface area (Å²) in [5.74, 6) is -1.08. The summed E-state index contributed by atoms with van der Waals surface area (Å²) in [6, 6.07) is 18.9. The molecule has 1 unspecified atom stereocenters. The largest absolute Gasteiger partial charge is 0.478 e. The summed E-state index contributed by atoms with van der Waals surface area (Å²) in [5, 5.41) is 27.4. The van der Waals surface area contributed by atoms with E-state index in [2.05, 4.69) is 20.4 Å². The third-order valence-electron chi connectivity index (χ3n) is 4.86. The van der Waals surface area contributed by atoms with Crippen molar-refractivity contribution in [3.8, 4) is 0 Å². The Kier molecular flexibility index (Phi) is 5.38. The number of aromatic carboxylic acids is 1. The average molecular weight is 417 g/mol. The Morgan fingerprint density at radius 2 is 1.74 bits per heavy atom. The van der Waals surface area contributed by atoms with Crippen LogP contribution >= 0.6 is 0 Å². The van der Waals surface area contributed by atoms with E-state index in [0.29, 0.717) is 33.4 Å². The van der Waals surface area contributed by atoms with Crippen LogP contribution in [0.4, 0.5) is 16.2 Å². The molecule has 8 nitrogen and oxygen atoms in total. The molecule has 3 aromatic carbocycles. The highest BCUT2D eigenvalue weighted by Gasteiger charge is 2.18. The number of carboxylic acid groups (broad SMARTS) is 1. The average Bonchev–Trinajstić information content (AvgIpc) is 2.78. The van der Waals surface area contributed by atoms with E-state index in [4.69, 9.17) is 0 Å². The molecule has 0 aliphatic heterocycles. The first-order chi connectivity index (χ1) is 15.0. The zero-order chi connectivity index (χ0) is 22.0. The Balaban J connectivity index is 1.80. The number of aliphatic hydroxyl groups excluding tert-OH is 1. The molecule has 0 spiro atoms. The van der Waals surface area contributed by atoms with Gasteiger partial charge in [-0.3, -0.25) is 5.32 Å². The van der Waals surface area contributed by atoms with Gasteiger partial charge in [0.15, 0.2) is 6.23 Å². The van der Waals surface area contributed by atoms with Crippen molar-refractivity contribution < 1.29 is 24.5 Å². The maximum atomic E-state index is 11.7. The maximum Gasteiger partial charge on any atom is 0.411 e. The number of carboxylic acids is 1. The highest BCUT2D eigenvalue weighted by atomic mass is 16.5. The molecule has 0 fully saturated rings. The zero-order valence-corrected chi connectivity index (χ0v) is 16.5. The minimum Gasteiger partial charge on any atom is -0.478 e. The monoisotopic (exact) mass is 417 g/mol. The van der Waals surface area contributed by atoms with Crippen LogP contribution in [0, 0.1) is 0 Å². The number of hydrogen-bond donors (Lipinski definition) is 4. The Bertz CT molecular complexity index is 1310. The van der Waals surface area contributed by atoms with Crippen molar-refractivity contribution in [3.63, 3.8) is 0 Å². The molecular formula is C23H19N3O5. The quantitative estimate of drug-likeness (QED) is 0.281. The van der Waals surface area contributed by atoms with Crippen molar-refractivity contribution in [2.45, 2.75) is 6.23 Å². The van der Waals surface area contributed by atoms with Crippen LogP contribution < -0.4 is 10.6 Å². The summed E-state index contributed by atoms with van der Waals surface area (Å²) in [6.07, 6.45) is -1.76. The summed E-state index contributed by atoms with van der Waals surface area (Å²) in [6.45, 7) is 0. The molecule has 0 bridgehead atoms. The van der Waals surface area contributed by atoms with Crippen LogP contribution in [-0.4, -0.2) is 34.4 Å². The third-order valence-corrected chi connectivity index (χ3v) is 4.86. The normalized spacial score (nSPS) is 11.8. The van der Waals surface area contributed by atoms with E-state index in [-0.39, 0.29) is 5.56 Å². The van der Waals surface area contributed by atoms with Crippen molar-refractivity contribution in [1.29, 1.82) is 0 Å². The number of carbonyl (C=O) groups is 2. The Hall–Kier alpha value is -4.17. The second kappa shape index (κ2) is 8.29. The molecule has 0 radical (unpaired) electrons. The molecule has 4 aromatic rings. The zero-order valence-electron chi connectivity index (χ0n) is 16.5. The molecule has 4 rings (SSSR count). The summed E-state index contributed by atoms with van der Waals surface area (Å²) in [5.41, 5.74) is 2.51. The SMILES string of the molecule is COC(=O)Nc1cccc(C(O)Nc2c3ccccc3nc3c(C(=O)O)cccc23)c1. The number of para-hydroxylation sites is 2. The van der Waals surface area contributed by atoms with Crippen molar-refractivity contribution in [1.82, 2.24) is 4.98 Å². The Morgan fingerprint density at radius 1 is 1.00 bits per heavy atom. The second-order valence-electron chi connectivity index (χ2n) is 6.80. The fraction of sp³-hybridized carbons (Fsp3) is 0.0870. The number of nitrogens with one attached hydrogen (secondary N) is 2. The van der Waals surface area contributed by atoms with Gasteiger partial charge in [-0.25, -0.2) is 14.6 Å². The number of methoxy groups -OCH3 is 1. The van der Waals surface area contributed by atoms with Gasteiger partial charge in [0.05, 0.1) is 29.4 Å². The van der Waals surface area contributed by atoms with Crippen LogP contribution in [0.25, 0.3) is 21.8 Å². The summed E-state index contributed by atoms with van der Waals surface area (Å²) >= 11 is 0. The molecule has 1 heterocycles. The van der Waals surface area contributed by atoms with Crippen LogP contribution in [0.5, 0.6) is 0 Å². The number of nitrogens with zero attached hydrogens (tertiary/aromatic N) is 1. The van der Waals surface area contributed by atoms with E-state index in [9.17, 15) is 19.8 Å². The fourth-order valence-electron chi connectivity index (χ4n) is 3.42. The van der Waals surface area contributed by atoms with E-state index >= 15 is 0 Å². The van der Waals surface area contributed by atoms with Gasteiger partial charge in [-0.05, 0) is 24.3 Å². The van der Waals surface area contributed by atoms with Gasteiger partial charge in [-0.1, -0.05) is 42.5 Å². The number of aliphatic hydroxyl groups is 1. The molecule has 0 aliphatic rings. The van der Waals surface area contributed by atoms with Gasteiger partial charge in [0.25, 0.3) is 0 Å². The summed E-state index contributed by atoms with van der Waals surface area (Å²) < 4.78 is 4.59. The van der Waals surface area contributed by atoms with Crippen LogP contribution in [0.2, 0.25) is 0 Å². The van der Waals surface area contributed by atoms with E-state index < -0.39 is 18.3 Å². The van der Waals surface area contributed by atoms with Crippen molar-refractivity contribution in [2.24, 2.45) is 0 Å². The van der Waals surface area contributed by atoms with Crippen molar-refractivity contribution >= 4 is 45.2 Å². The van der Waals surface area contributed by atoms with Crippen LogP contribution in [0.1, 0.15) is 22.1 Å². The van der Waals surface area contributed by atoms with Crippen LogP contribution in [-0.2, 0) is 4.74 Å². The first-order valence-corrected chi connectivity index (χ1v) is 9.42. The third kappa shape index (κ3) is 3.96. The summed E-state index contributed by atoms with van der Waals surface area (Å²) in [4.78, 5) is 27.7. The highest BCUT2D eigenvalue weighted by molar-refractivity contribution is 6.12. The number of ether oxygens (including phenoxy) is 1. The molecule has 0 saturated carbocycles. The number of anilines is 2. The topological polar surface area (TPSA) is 121 Å². The second-order valence-corrected chi connectivity index (χ2v) is 6.80. The first kappa shape index (κ1) is 20.1. The van der Waals surface area contributed by atoms with Gasteiger partial charge in [0.1, 0.15) is 0 Å². The number of carbonyl (C=O) groups excluding carboxylic acids is 1. The lowest BCUT2D eigenvalue weighted by Gasteiger charge is -2.19.